The van der Waals surface area contributed by atoms with E-state index in [0.717, 1.165) is 17.8 Å². The molecule has 3 unspecified atom stereocenters. The Labute approximate surface area is 64.0 Å². The van der Waals surface area contributed by atoms with Gasteiger partial charge in [0.25, 0.3) is 0 Å². The molecule has 0 spiro atoms. The van der Waals surface area contributed by atoms with Crippen molar-refractivity contribution in [3.05, 3.63) is 0 Å². The minimum Gasteiger partial charge on any atom is -0.0622 e. The SMILES string of the molecule is CC1CC2C1CCC2(C)C. The fraction of sp³-hybridized carbons (Fsp3) is 1.00. The van der Waals surface area contributed by atoms with Crippen molar-refractivity contribution in [2.24, 2.45) is 23.2 Å². The monoisotopic (exact) mass is 138 g/mol. The van der Waals surface area contributed by atoms with Gasteiger partial charge in [-0.25, -0.2) is 0 Å². The fourth-order valence-electron chi connectivity index (χ4n) is 3.06. The van der Waals surface area contributed by atoms with E-state index in [9.17, 15) is 0 Å². The number of rotatable bonds is 0. The molecule has 3 atom stereocenters. The molecule has 0 heterocycles. The number of hydrogen-bond donors (Lipinski definition) is 0. The third-order valence-electron chi connectivity index (χ3n) is 4.00. The van der Waals surface area contributed by atoms with E-state index in [2.05, 4.69) is 20.8 Å². The van der Waals surface area contributed by atoms with Crippen LogP contribution in [-0.4, -0.2) is 0 Å². The highest BCUT2D eigenvalue weighted by Crippen LogP contribution is 2.59. The molecule has 0 amide bonds. The van der Waals surface area contributed by atoms with Gasteiger partial charge in [0.15, 0.2) is 0 Å². The zero-order valence-corrected chi connectivity index (χ0v) is 7.35. The van der Waals surface area contributed by atoms with Crippen LogP contribution in [0.15, 0.2) is 0 Å². The predicted octanol–water partition coefficient (Wildman–Crippen LogP) is 3.08. The van der Waals surface area contributed by atoms with Crippen molar-refractivity contribution in [2.45, 2.75) is 40.0 Å². The summed E-state index contributed by atoms with van der Waals surface area (Å²) in [5.74, 6) is 3.24. The lowest BCUT2D eigenvalue weighted by Gasteiger charge is -2.44. The first-order valence-electron chi connectivity index (χ1n) is 4.61. The molecule has 0 aromatic rings. The van der Waals surface area contributed by atoms with Gasteiger partial charge in [0.05, 0.1) is 0 Å². The molecule has 0 aliphatic heterocycles. The quantitative estimate of drug-likeness (QED) is 0.482. The van der Waals surface area contributed by atoms with Crippen LogP contribution in [0.2, 0.25) is 0 Å². The molecule has 10 heavy (non-hydrogen) atoms. The third kappa shape index (κ3) is 0.681. The van der Waals surface area contributed by atoms with Crippen LogP contribution < -0.4 is 0 Å². The van der Waals surface area contributed by atoms with Gasteiger partial charge in [-0.1, -0.05) is 20.8 Å². The van der Waals surface area contributed by atoms with E-state index in [0.29, 0.717) is 5.41 Å². The average Bonchev–Trinajstić information content (AvgIpc) is 2.03. The molecule has 0 aromatic heterocycles. The summed E-state index contributed by atoms with van der Waals surface area (Å²) >= 11 is 0. The Kier molecular flexibility index (Phi) is 1.19. The maximum atomic E-state index is 2.45. The Morgan fingerprint density at radius 1 is 1.30 bits per heavy atom. The second kappa shape index (κ2) is 1.78. The normalized spacial score (nSPS) is 50.1. The highest BCUT2D eigenvalue weighted by atomic mass is 14.6. The highest BCUT2D eigenvalue weighted by Gasteiger charge is 2.50. The van der Waals surface area contributed by atoms with Gasteiger partial charge in [-0.3, -0.25) is 0 Å². The van der Waals surface area contributed by atoms with Crippen LogP contribution in [0.4, 0.5) is 0 Å². The van der Waals surface area contributed by atoms with Gasteiger partial charge in [0.1, 0.15) is 0 Å². The molecule has 58 valence electrons. The van der Waals surface area contributed by atoms with Crippen molar-refractivity contribution in [1.82, 2.24) is 0 Å². The first kappa shape index (κ1) is 6.69. The summed E-state index contributed by atoms with van der Waals surface area (Å²) in [5.41, 5.74) is 0.692. The highest BCUT2D eigenvalue weighted by molar-refractivity contribution is 5.00. The van der Waals surface area contributed by atoms with E-state index >= 15 is 0 Å². The molecule has 0 N–H and O–H groups in total. The van der Waals surface area contributed by atoms with Crippen molar-refractivity contribution in [3.8, 4) is 0 Å². The predicted molar refractivity (Wildman–Crippen MR) is 43.8 cm³/mol. The van der Waals surface area contributed by atoms with Gasteiger partial charge in [-0.2, -0.15) is 0 Å². The lowest BCUT2D eigenvalue weighted by Crippen LogP contribution is -2.37. The average molecular weight is 138 g/mol. The van der Waals surface area contributed by atoms with E-state index < -0.39 is 0 Å². The zero-order valence-electron chi connectivity index (χ0n) is 7.35. The van der Waals surface area contributed by atoms with E-state index in [4.69, 9.17) is 0 Å². The fourth-order valence-corrected chi connectivity index (χ4v) is 3.06. The van der Waals surface area contributed by atoms with Crippen molar-refractivity contribution in [2.75, 3.05) is 0 Å². The first-order valence-corrected chi connectivity index (χ1v) is 4.61. The third-order valence-corrected chi connectivity index (χ3v) is 4.00. The van der Waals surface area contributed by atoms with Gasteiger partial charge >= 0.3 is 0 Å². The van der Waals surface area contributed by atoms with Crippen LogP contribution in [0, 0.1) is 23.2 Å². The zero-order chi connectivity index (χ0) is 7.35. The van der Waals surface area contributed by atoms with Crippen LogP contribution in [0.1, 0.15) is 40.0 Å². The molecule has 2 aliphatic carbocycles. The Balaban J connectivity index is 2.11. The summed E-state index contributed by atoms with van der Waals surface area (Å²) in [5, 5.41) is 0. The van der Waals surface area contributed by atoms with E-state index in [1.54, 1.807) is 0 Å². The minimum absolute atomic E-state index is 0.692. The van der Waals surface area contributed by atoms with Gasteiger partial charge < -0.3 is 0 Å². The minimum atomic E-state index is 0.692. The summed E-state index contributed by atoms with van der Waals surface area (Å²) in [6.45, 7) is 7.32. The second-order valence-corrected chi connectivity index (χ2v) is 5.01. The Morgan fingerprint density at radius 2 is 2.00 bits per heavy atom. The lowest BCUT2D eigenvalue weighted by atomic mass is 9.61. The van der Waals surface area contributed by atoms with Crippen LogP contribution in [0.25, 0.3) is 0 Å². The van der Waals surface area contributed by atoms with Crippen LogP contribution in [-0.2, 0) is 0 Å². The van der Waals surface area contributed by atoms with Gasteiger partial charge in [-0.05, 0) is 42.4 Å². The number of fused-ring (bicyclic) bond motifs is 1. The Hall–Kier alpha value is 0. The maximum absolute atomic E-state index is 2.45. The topological polar surface area (TPSA) is 0 Å². The van der Waals surface area contributed by atoms with Crippen molar-refractivity contribution in [1.29, 1.82) is 0 Å². The second-order valence-electron chi connectivity index (χ2n) is 5.01. The molecule has 0 radical (unpaired) electrons. The molecule has 0 heteroatoms. The van der Waals surface area contributed by atoms with Crippen LogP contribution >= 0.6 is 0 Å². The standard InChI is InChI=1S/C10H18/c1-7-6-9-8(7)4-5-10(9,2)3/h7-9H,4-6H2,1-3H3. The molecule has 2 rings (SSSR count). The van der Waals surface area contributed by atoms with E-state index in [-0.39, 0.29) is 0 Å². The Morgan fingerprint density at radius 3 is 2.40 bits per heavy atom. The van der Waals surface area contributed by atoms with Crippen molar-refractivity contribution >= 4 is 0 Å². The van der Waals surface area contributed by atoms with Gasteiger partial charge in [0, 0.05) is 0 Å². The summed E-state index contributed by atoms with van der Waals surface area (Å²) < 4.78 is 0. The summed E-state index contributed by atoms with van der Waals surface area (Å²) in [4.78, 5) is 0. The lowest BCUT2D eigenvalue weighted by molar-refractivity contribution is 0.0499. The molecule has 0 bridgehead atoms. The first-order chi connectivity index (χ1) is 4.61. The molecular formula is C10H18. The van der Waals surface area contributed by atoms with Crippen LogP contribution in [0.3, 0.4) is 0 Å². The molecule has 2 saturated carbocycles. The molecule has 2 fully saturated rings. The molecule has 0 aromatic carbocycles. The summed E-state index contributed by atoms with van der Waals surface area (Å²) in [6, 6.07) is 0. The van der Waals surface area contributed by atoms with Gasteiger partial charge in [-0.15, -0.1) is 0 Å². The molecular weight excluding hydrogens is 120 g/mol. The molecule has 2 aliphatic rings. The smallest absolute Gasteiger partial charge is 0.0323 e. The van der Waals surface area contributed by atoms with Crippen molar-refractivity contribution < 1.29 is 0 Å². The number of hydrogen-bond acceptors (Lipinski definition) is 0. The van der Waals surface area contributed by atoms with Gasteiger partial charge in [0.2, 0.25) is 0 Å². The van der Waals surface area contributed by atoms with Crippen molar-refractivity contribution in [3.63, 3.8) is 0 Å². The largest absolute Gasteiger partial charge is 0.0622 e. The Bertz CT molecular complexity index is 146. The summed E-state index contributed by atoms with van der Waals surface area (Å²) in [6.07, 6.45) is 4.50. The summed E-state index contributed by atoms with van der Waals surface area (Å²) in [7, 11) is 0. The molecule has 0 saturated heterocycles. The van der Waals surface area contributed by atoms with E-state index in [1.165, 1.54) is 19.3 Å². The molecule has 0 nitrogen and oxygen atoms in total. The van der Waals surface area contributed by atoms with Crippen LogP contribution in [0.5, 0.6) is 0 Å². The van der Waals surface area contributed by atoms with E-state index in [1.807, 2.05) is 0 Å². The maximum Gasteiger partial charge on any atom is -0.0323 e.